The molecule has 1 aliphatic rings. The number of carbonyl (C=O) groups excluding carboxylic acids is 2. The van der Waals surface area contributed by atoms with Crippen LogP contribution in [0.1, 0.15) is 31.9 Å². The Balaban J connectivity index is 1.63. The number of nitrogens with one attached hydrogen (secondary N) is 1. The fourth-order valence-electron chi connectivity index (χ4n) is 3.39. The minimum atomic E-state index is -1.26. The molecule has 0 bridgehead atoms. The number of carbonyl (C=O) groups is 3. The Kier molecular flexibility index (Phi) is 7.02. The molecular formula is C24H28N2O6. The van der Waals surface area contributed by atoms with Crippen molar-refractivity contribution < 1.29 is 29.0 Å². The quantitative estimate of drug-likeness (QED) is 0.669. The van der Waals surface area contributed by atoms with Crippen LogP contribution in [0.15, 0.2) is 54.6 Å². The van der Waals surface area contributed by atoms with Crippen molar-refractivity contribution in [3.63, 3.8) is 0 Å². The van der Waals surface area contributed by atoms with Crippen molar-refractivity contribution >= 4 is 18.0 Å². The van der Waals surface area contributed by atoms with E-state index in [-0.39, 0.29) is 13.0 Å². The predicted molar refractivity (Wildman–Crippen MR) is 117 cm³/mol. The molecule has 0 aliphatic carbocycles. The third-order valence-electron chi connectivity index (χ3n) is 4.91. The molecule has 8 heteroatoms. The normalized spacial score (nSPS) is 18.6. The van der Waals surface area contributed by atoms with Gasteiger partial charge in [-0.1, -0.05) is 42.5 Å². The molecule has 0 aromatic heterocycles. The summed E-state index contributed by atoms with van der Waals surface area (Å²) in [5, 5.41) is 12.2. The van der Waals surface area contributed by atoms with Crippen LogP contribution in [0.25, 0.3) is 0 Å². The van der Waals surface area contributed by atoms with Gasteiger partial charge in [-0.2, -0.15) is 0 Å². The summed E-state index contributed by atoms with van der Waals surface area (Å²) in [6, 6.07) is 15.0. The number of ether oxygens (including phenoxy) is 2. The van der Waals surface area contributed by atoms with Gasteiger partial charge in [-0.15, -0.1) is 0 Å². The van der Waals surface area contributed by atoms with Crippen molar-refractivity contribution in [2.45, 2.75) is 51.5 Å². The molecule has 0 saturated carbocycles. The van der Waals surface area contributed by atoms with Crippen LogP contribution in [-0.4, -0.2) is 52.2 Å². The van der Waals surface area contributed by atoms with E-state index >= 15 is 0 Å². The van der Waals surface area contributed by atoms with E-state index in [0.717, 1.165) is 16.0 Å². The first-order valence-corrected chi connectivity index (χ1v) is 10.4. The first-order valence-electron chi connectivity index (χ1n) is 10.4. The summed E-state index contributed by atoms with van der Waals surface area (Å²) in [5.74, 6) is -0.514. The molecule has 1 heterocycles. The van der Waals surface area contributed by atoms with Crippen LogP contribution in [0, 0.1) is 0 Å². The Bertz CT molecular complexity index is 953. The summed E-state index contributed by atoms with van der Waals surface area (Å²) < 4.78 is 11.1. The third-order valence-corrected chi connectivity index (χ3v) is 4.91. The molecule has 0 radical (unpaired) electrons. The van der Waals surface area contributed by atoms with E-state index in [1.54, 1.807) is 45.0 Å². The van der Waals surface area contributed by atoms with E-state index in [4.69, 9.17) is 9.47 Å². The second-order valence-corrected chi connectivity index (χ2v) is 8.67. The van der Waals surface area contributed by atoms with Crippen molar-refractivity contribution in [2.24, 2.45) is 0 Å². The largest absolute Gasteiger partial charge is 0.489 e. The van der Waals surface area contributed by atoms with Crippen LogP contribution in [0.3, 0.4) is 0 Å². The van der Waals surface area contributed by atoms with Gasteiger partial charge in [0.05, 0.1) is 6.54 Å². The van der Waals surface area contributed by atoms with Crippen molar-refractivity contribution in [1.29, 1.82) is 0 Å². The molecule has 32 heavy (non-hydrogen) atoms. The van der Waals surface area contributed by atoms with Crippen LogP contribution in [0.4, 0.5) is 4.79 Å². The van der Waals surface area contributed by atoms with Crippen LogP contribution in [0.5, 0.6) is 5.75 Å². The van der Waals surface area contributed by atoms with Gasteiger partial charge in [-0.3, -0.25) is 9.69 Å². The molecule has 2 unspecified atom stereocenters. The first-order chi connectivity index (χ1) is 15.1. The monoisotopic (exact) mass is 440 g/mol. The number of piperazine rings is 1. The van der Waals surface area contributed by atoms with Gasteiger partial charge in [-0.05, 0) is 44.0 Å². The zero-order valence-corrected chi connectivity index (χ0v) is 18.4. The molecule has 2 aromatic carbocycles. The Morgan fingerprint density at radius 3 is 2.31 bits per heavy atom. The maximum absolute atomic E-state index is 12.7. The highest BCUT2D eigenvalue weighted by atomic mass is 16.6. The summed E-state index contributed by atoms with van der Waals surface area (Å²) in [6.07, 6.45) is -1.08. The average Bonchev–Trinajstić information content (AvgIpc) is 2.73. The number of nitrogens with zero attached hydrogens (tertiary/aromatic N) is 1. The van der Waals surface area contributed by atoms with Gasteiger partial charge in [0.1, 0.15) is 30.0 Å². The molecular weight excluding hydrogens is 412 g/mol. The SMILES string of the molecule is CC(C)(C)OC(=O)C1CN(C(=O)O)C(Cc2ccc(OCc3ccccc3)cc2)C(=O)N1. The van der Waals surface area contributed by atoms with E-state index in [0.29, 0.717) is 12.4 Å². The van der Waals surface area contributed by atoms with Crippen molar-refractivity contribution in [3.05, 3.63) is 65.7 Å². The smallest absolute Gasteiger partial charge is 0.408 e. The van der Waals surface area contributed by atoms with Gasteiger partial charge in [0.15, 0.2) is 0 Å². The van der Waals surface area contributed by atoms with Crippen molar-refractivity contribution in [1.82, 2.24) is 10.2 Å². The molecule has 3 rings (SSSR count). The second-order valence-electron chi connectivity index (χ2n) is 8.67. The van der Waals surface area contributed by atoms with Crippen molar-refractivity contribution in [2.75, 3.05) is 6.54 Å². The van der Waals surface area contributed by atoms with Crippen LogP contribution in [-0.2, 0) is 27.4 Å². The highest BCUT2D eigenvalue weighted by Gasteiger charge is 2.41. The molecule has 8 nitrogen and oxygen atoms in total. The van der Waals surface area contributed by atoms with E-state index in [2.05, 4.69) is 5.32 Å². The third kappa shape index (κ3) is 6.23. The molecule has 1 aliphatic heterocycles. The van der Waals surface area contributed by atoms with Crippen LogP contribution < -0.4 is 10.1 Å². The Morgan fingerprint density at radius 2 is 1.72 bits per heavy atom. The Labute approximate surface area is 187 Å². The van der Waals surface area contributed by atoms with Gasteiger partial charge >= 0.3 is 12.1 Å². The second kappa shape index (κ2) is 9.72. The minimum Gasteiger partial charge on any atom is -0.489 e. The number of hydrogen-bond donors (Lipinski definition) is 2. The lowest BCUT2D eigenvalue weighted by Crippen LogP contribution is -2.64. The number of carboxylic acid groups (broad SMARTS) is 1. The molecule has 170 valence electrons. The molecule has 2 atom stereocenters. The zero-order valence-electron chi connectivity index (χ0n) is 18.4. The Hall–Kier alpha value is -3.55. The fraction of sp³-hybridized carbons (Fsp3) is 0.375. The van der Waals surface area contributed by atoms with Gasteiger partial charge in [0.25, 0.3) is 0 Å². The molecule has 1 fully saturated rings. The lowest BCUT2D eigenvalue weighted by molar-refractivity contribution is -0.161. The minimum absolute atomic E-state index is 0.168. The van der Waals surface area contributed by atoms with Crippen molar-refractivity contribution in [3.8, 4) is 5.75 Å². The Morgan fingerprint density at radius 1 is 1.06 bits per heavy atom. The maximum atomic E-state index is 12.7. The molecule has 2 aromatic rings. The lowest BCUT2D eigenvalue weighted by atomic mass is 10.00. The molecule has 1 saturated heterocycles. The standard InChI is InChI=1S/C24H28N2O6/c1-24(2,3)32-22(28)19-14-26(23(29)30)20(21(27)25-19)13-16-9-11-18(12-10-16)31-15-17-7-5-4-6-8-17/h4-12,19-20H,13-15H2,1-3H3,(H,25,27)(H,29,30). The number of hydrogen-bond acceptors (Lipinski definition) is 5. The summed E-state index contributed by atoms with van der Waals surface area (Å²) in [6.45, 7) is 5.39. The van der Waals surface area contributed by atoms with Gasteiger partial charge in [0.2, 0.25) is 5.91 Å². The number of benzene rings is 2. The van der Waals surface area contributed by atoms with Gasteiger partial charge in [-0.25, -0.2) is 9.59 Å². The zero-order chi connectivity index (χ0) is 23.3. The van der Waals surface area contributed by atoms with Crippen LogP contribution >= 0.6 is 0 Å². The maximum Gasteiger partial charge on any atom is 0.408 e. The summed E-state index contributed by atoms with van der Waals surface area (Å²) in [7, 11) is 0. The summed E-state index contributed by atoms with van der Waals surface area (Å²) >= 11 is 0. The van der Waals surface area contributed by atoms with E-state index in [1.807, 2.05) is 30.3 Å². The van der Waals surface area contributed by atoms with E-state index < -0.39 is 35.7 Å². The molecule has 2 amide bonds. The lowest BCUT2D eigenvalue weighted by Gasteiger charge is -2.37. The van der Waals surface area contributed by atoms with Gasteiger partial charge < -0.3 is 19.9 Å². The number of esters is 1. The number of amides is 2. The number of rotatable bonds is 6. The van der Waals surface area contributed by atoms with Crippen LogP contribution in [0.2, 0.25) is 0 Å². The topological polar surface area (TPSA) is 105 Å². The fourth-order valence-corrected chi connectivity index (χ4v) is 3.39. The summed E-state index contributed by atoms with van der Waals surface area (Å²) in [4.78, 5) is 37.8. The van der Waals surface area contributed by atoms with E-state index in [1.165, 1.54) is 0 Å². The van der Waals surface area contributed by atoms with Gasteiger partial charge in [0, 0.05) is 6.42 Å². The highest BCUT2D eigenvalue weighted by Crippen LogP contribution is 2.20. The summed E-state index contributed by atoms with van der Waals surface area (Å²) in [5.41, 5.74) is 1.09. The molecule has 0 spiro atoms. The molecule has 2 N–H and O–H groups in total. The van der Waals surface area contributed by atoms with E-state index in [9.17, 15) is 19.5 Å². The average molecular weight is 440 g/mol. The highest BCUT2D eigenvalue weighted by molar-refractivity contribution is 5.92. The first kappa shape index (κ1) is 23.1. The predicted octanol–water partition coefficient (Wildman–Crippen LogP) is 3.00.